The van der Waals surface area contributed by atoms with Gasteiger partial charge < -0.3 is 11.1 Å². The van der Waals surface area contributed by atoms with Crippen LogP contribution in [0.3, 0.4) is 0 Å². The highest BCUT2D eigenvalue weighted by Crippen LogP contribution is 2.30. The SMILES string of the molecule is CCCNC(C)(CC(C)Sc1ccc(C)c(C)c1)C(N)=O. The van der Waals surface area contributed by atoms with Crippen LogP contribution in [0.25, 0.3) is 0 Å². The molecular weight excluding hydrogens is 280 g/mol. The molecule has 0 saturated heterocycles. The Morgan fingerprint density at radius 3 is 2.57 bits per heavy atom. The lowest BCUT2D eigenvalue weighted by atomic mass is 9.95. The molecule has 118 valence electrons. The second-order valence-electron chi connectivity index (χ2n) is 6.00. The fourth-order valence-corrected chi connectivity index (χ4v) is 3.57. The summed E-state index contributed by atoms with van der Waals surface area (Å²) in [6.45, 7) is 11.2. The topological polar surface area (TPSA) is 55.1 Å². The number of nitrogens with one attached hydrogen (secondary N) is 1. The van der Waals surface area contributed by atoms with E-state index in [1.165, 1.54) is 16.0 Å². The second kappa shape index (κ2) is 7.85. The minimum Gasteiger partial charge on any atom is -0.368 e. The lowest BCUT2D eigenvalue weighted by molar-refractivity contribution is -0.124. The monoisotopic (exact) mass is 308 g/mol. The van der Waals surface area contributed by atoms with Crippen LogP contribution in [0.15, 0.2) is 23.1 Å². The van der Waals surface area contributed by atoms with Crippen molar-refractivity contribution in [1.29, 1.82) is 0 Å². The molecule has 1 aromatic carbocycles. The largest absolute Gasteiger partial charge is 0.368 e. The number of hydrogen-bond acceptors (Lipinski definition) is 3. The third-order valence-electron chi connectivity index (χ3n) is 3.82. The van der Waals surface area contributed by atoms with Crippen molar-refractivity contribution in [3.63, 3.8) is 0 Å². The zero-order valence-electron chi connectivity index (χ0n) is 13.8. The van der Waals surface area contributed by atoms with Crippen molar-refractivity contribution in [1.82, 2.24) is 5.32 Å². The van der Waals surface area contributed by atoms with Crippen LogP contribution in [0, 0.1) is 13.8 Å². The van der Waals surface area contributed by atoms with Crippen molar-refractivity contribution < 1.29 is 4.79 Å². The molecule has 21 heavy (non-hydrogen) atoms. The van der Waals surface area contributed by atoms with E-state index in [4.69, 9.17) is 5.73 Å². The maximum atomic E-state index is 11.8. The molecule has 0 radical (unpaired) electrons. The number of benzene rings is 1. The summed E-state index contributed by atoms with van der Waals surface area (Å²) in [6.07, 6.45) is 1.71. The molecule has 0 saturated carbocycles. The maximum absolute atomic E-state index is 11.8. The van der Waals surface area contributed by atoms with Gasteiger partial charge in [-0.2, -0.15) is 0 Å². The predicted molar refractivity (Wildman–Crippen MR) is 91.7 cm³/mol. The third-order valence-corrected chi connectivity index (χ3v) is 4.92. The van der Waals surface area contributed by atoms with Crippen LogP contribution >= 0.6 is 11.8 Å². The van der Waals surface area contributed by atoms with Crippen molar-refractivity contribution >= 4 is 17.7 Å². The van der Waals surface area contributed by atoms with Gasteiger partial charge in [0.05, 0.1) is 5.54 Å². The predicted octanol–water partition coefficient (Wildman–Crippen LogP) is 3.42. The van der Waals surface area contributed by atoms with Gasteiger partial charge in [0.25, 0.3) is 0 Å². The van der Waals surface area contributed by atoms with E-state index in [0.717, 1.165) is 19.4 Å². The molecule has 3 N–H and O–H groups in total. The van der Waals surface area contributed by atoms with Gasteiger partial charge in [-0.25, -0.2) is 0 Å². The zero-order valence-corrected chi connectivity index (χ0v) is 14.6. The molecule has 1 rings (SSSR count). The first-order chi connectivity index (χ1) is 9.78. The van der Waals surface area contributed by atoms with Crippen molar-refractivity contribution in [2.45, 2.75) is 63.1 Å². The zero-order chi connectivity index (χ0) is 16.0. The van der Waals surface area contributed by atoms with Gasteiger partial charge in [0.2, 0.25) is 5.91 Å². The van der Waals surface area contributed by atoms with Gasteiger partial charge in [0.1, 0.15) is 0 Å². The Morgan fingerprint density at radius 1 is 1.38 bits per heavy atom. The summed E-state index contributed by atoms with van der Waals surface area (Å²) in [6, 6.07) is 6.50. The lowest BCUT2D eigenvalue weighted by Gasteiger charge is -2.30. The van der Waals surface area contributed by atoms with Gasteiger partial charge in [-0.1, -0.05) is 19.9 Å². The number of thioether (sulfide) groups is 1. The molecule has 2 atom stereocenters. The molecule has 3 nitrogen and oxygen atoms in total. The second-order valence-corrected chi connectivity index (χ2v) is 7.51. The van der Waals surface area contributed by atoms with Gasteiger partial charge in [-0.3, -0.25) is 4.79 Å². The molecule has 0 spiro atoms. The standard InChI is InChI=1S/C17H28N2OS/c1-6-9-19-17(5,16(18)20)11-14(4)21-15-8-7-12(2)13(3)10-15/h7-8,10,14,19H,6,9,11H2,1-5H3,(H2,18,20). The average molecular weight is 308 g/mol. The normalized spacial score (nSPS) is 15.5. The summed E-state index contributed by atoms with van der Waals surface area (Å²) in [5, 5.41) is 3.61. The molecule has 0 aliphatic heterocycles. The molecular formula is C17H28N2OS. The molecule has 0 fully saturated rings. The highest BCUT2D eigenvalue weighted by molar-refractivity contribution is 7.99. The summed E-state index contributed by atoms with van der Waals surface area (Å²) in [7, 11) is 0. The molecule has 1 aromatic rings. The van der Waals surface area contributed by atoms with E-state index < -0.39 is 5.54 Å². The molecule has 0 aliphatic rings. The van der Waals surface area contributed by atoms with E-state index in [1.54, 1.807) is 11.8 Å². The Hall–Kier alpha value is -1.00. The van der Waals surface area contributed by atoms with Crippen molar-refractivity contribution in [2.24, 2.45) is 5.73 Å². The Kier molecular flexibility index (Phi) is 6.75. The quantitative estimate of drug-likeness (QED) is 0.724. The smallest absolute Gasteiger partial charge is 0.237 e. The van der Waals surface area contributed by atoms with Crippen molar-refractivity contribution in [3.05, 3.63) is 29.3 Å². The number of carbonyl (C=O) groups excluding carboxylic acids is 1. The Bertz CT molecular complexity index is 490. The van der Waals surface area contributed by atoms with Crippen molar-refractivity contribution in [3.8, 4) is 0 Å². The maximum Gasteiger partial charge on any atom is 0.237 e. The van der Waals surface area contributed by atoms with Crippen LogP contribution in [0.5, 0.6) is 0 Å². The molecule has 0 bridgehead atoms. The summed E-state index contributed by atoms with van der Waals surface area (Å²) in [5.41, 5.74) is 7.55. The first-order valence-electron chi connectivity index (χ1n) is 7.57. The number of hydrogen-bond donors (Lipinski definition) is 2. The Labute approximate surface area is 133 Å². The molecule has 0 heterocycles. The van der Waals surface area contributed by atoms with Crippen LogP contribution in [-0.2, 0) is 4.79 Å². The van der Waals surface area contributed by atoms with E-state index in [0.29, 0.717) is 5.25 Å². The van der Waals surface area contributed by atoms with Gasteiger partial charge in [-0.05, 0) is 63.4 Å². The van der Waals surface area contributed by atoms with E-state index in [-0.39, 0.29) is 5.91 Å². The third kappa shape index (κ3) is 5.36. The minimum atomic E-state index is -0.637. The molecule has 0 aromatic heterocycles. The van der Waals surface area contributed by atoms with Crippen LogP contribution in [0.4, 0.5) is 0 Å². The number of carbonyl (C=O) groups is 1. The molecule has 0 aliphatic carbocycles. The lowest BCUT2D eigenvalue weighted by Crippen LogP contribution is -2.54. The Balaban J connectivity index is 2.71. The van der Waals surface area contributed by atoms with Crippen LogP contribution in [-0.4, -0.2) is 23.2 Å². The first kappa shape index (κ1) is 18.1. The van der Waals surface area contributed by atoms with Gasteiger partial charge in [-0.15, -0.1) is 11.8 Å². The van der Waals surface area contributed by atoms with Crippen LogP contribution < -0.4 is 11.1 Å². The van der Waals surface area contributed by atoms with Crippen molar-refractivity contribution in [2.75, 3.05) is 6.54 Å². The van der Waals surface area contributed by atoms with E-state index >= 15 is 0 Å². The summed E-state index contributed by atoms with van der Waals surface area (Å²) in [5.74, 6) is -0.275. The van der Waals surface area contributed by atoms with E-state index in [9.17, 15) is 4.79 Å². The fourth-order valence-electron chi connectivity index (χ4n) is 2.30. The van der Waals surface area contributed by atoms with Gasteiger partial charge in [0, 0.05) is 10.1 Å². The Morgan fingerprint density at radius 2 is 2.05 bits per heavy atom. The summed E-state index contributed by atoms with van der Waals surface area (Å²) >= 11 is 1.80. The number of rotatable bonds is 8. The number of amides is 1. The number of nitrogens with two attached hydrogens (primary N) is 1. The summed E-state index contributed by atoms with van der Waals surface area (Å²) in [4.78, 5) is 13.0. The minimum absolute atomic E-state index is 0.275. The van der Waals surface area contributed by atoms with Gasteiger partial charge in [0.15, 0.2) is 0 Å². The van der Waals surface area contributed by atoms with Gasteiger partial charge >= 0.3 is 0 Å². The number of aryl methyl sites for hydroxylation is 2. The highest BCUT2D eigenvalue weighted by Gasteiger charge is 2.32. The molecule has 1 amide bonds. The summed E-state index contributed by atoms with van der Waals surface area (Å²) < 4.78 is 0. The number of primary amides is 1. The van der Waals surface area contributed by atoms with Crippen LogP contribution in [0.1, 0.15) is 44.7 Å². The average Bonchev–Trinajstić information content (AvgIpc) is 2.40. The highest BCUT2D eigenvalue weighted by atomic mass is 32.2. The van der Waals surface area contributed by atoms with E-state index in [2.05, 4.69) is 51.2 Å². The molecule has 4 heteroatoms. The fraction of sp³-hybridized carbons (Fsp3) is 0.588. The van der Waals surface area contributed by atoms with E-state index in [1.807, 2.05) is 6.92 Å². The molecule has 2 unspecified atom stereocenters. The first-order valence-corrected chi connectivity index (χ1v) is 8.45. The van der Waals surface area contributed by atoms with Crippen LogP contribution in [0.2, 0.25) is 0 Å².